The number of hydrogen-bond acceptors (Lipinski definition) is 3. The maximum atomic E-state index is 11.3. The van der Waals surface area contributed by atoms with Gasteiger partial charge in [-0.15, -0.1) is 12.3 Å². The fraction of sp³-hybridized carbons (Fsp3) is 0.250. The summed E-state index contributed by atoms with van der Waals surface area (Å²) in [6.07, 6.45) is 5.24. The third-order valence-corrected chi connectivity index (χ3v) is 2.46. The molecule has 1 aromatic rings. The highest BCUT2D eigenvalue weighted by molar-refractivity contribution is 9.10. The number of carbonyl (C=O) groups is 1. The highest BCUT2D eigenvalue weighted by atomic mass is 79.9. The zero-order chi connectivity index (χ0) is 12.0. The SMILES string of the molecule is C#CCC(N)C(=O)OCc1ccc(Br)cc1. The molecule has 84 valence electrons. The zero-order valence-corrected chi connectivity index (χ0v) is 10.2. The van der Waals surface area contributed by atoms with E-state index in [1.54, 1.807) is 0 Å². The predicted octanol–water partition coefficient (Wildman–Crippen LogP) is 1.84. The van der Waals surface area contributed by atoms with Gasteiger partial charge in [-0.2, -0.15) is 0 Å². The smallest absolute Gasteiger partial charge is 0.324 e. The van der Waals surface area contributed by atoms with E-state index in [9.17, 15) is 4.79 Å². The average Bonchev–Trinajstić information content (AvgIpc) is 2.28. The maximum Gasteiger partial charge on any atom is 0.324 e. The second-order valence-electron chi connectivity index (χ2n) is 3.25. The number of ether oxygens (including phenoxy) is 1. The fourth-order valence-corrected chi connectivity index (χ4v) is 1.32. The summed E-state index contributed by atoms with van der Waals surface area (Å²) in [5.74, 6) is 1.85. The molecule has 0 aliphatic rings. The van der Waals surface area contributed by atoms with Gasteiger partial charge in [0.25, 0.3) is 0 Å². The van der Waals surface area contributed by atoms with Gasteiger partial charge in [0.2, 0.25) is 0 Å². The van der Waals surface area contributed by atoms with Crippen molar-refractivity contribution in [3.63, 3.8) is 0 Å². The Morgan fingerprint density at radius 1 is 1.50 bits per heavy atom. The van der Waals surface area contributed by atoms with Crippen molar-refractivity contribution < 1.29 is 9.53 Å². The number of benzene rings is 1. The van der Waals surface area contributed by atoms with Crippen LogP contribution in [0.2, 0.25) is 0 Å². The number of hydrogen-bond donors (Lipinski definition) is 1. The molecule has 0 aromatic heterocycles. The van der Waals surface area contributed by atoms with Gasteiger partial charge >= 0.3 is 5.97 Å². The van der Waals surface area contributed by atoms with Crippen molar-refractivity contribution in [1.29, 1.82) is 0 Å². The summed E-state index contributed by atoms with van der Waals surface area (Å²) in [4.78, 5) is 11.3. The first kappa shape index (κ1) is 12.8. The number of esters is 1. The van der Waals surface area contributed by atoms with Gasteiger partial charge in [-0.25, -0.2) is 0 Å². The lowest BCUT2D eigenvalue weighted by molar-refractivity contribution is -0.146. The molecule has 0 fully saturated rings. The highest BCUT2D eigenvalue weighted by Gasteiger charge is 2.13. The van der Waals surface area contributed by atoms with Crippen molar-refractivity contribution in [2.75, 3.05) is 0 Å². The molecule has 1 unspecified atom stereocenters. The van der Waals surface area contributed by atoms with Crippen LogP contribution in [0.5, 0.6) is 0 Å². The van der Waals surface area contributed by atoms with Gasteiger partial charge in [0, 0.05) is 10.9 Å². The van der Waals surface area contributed by atoms with E-state index >= 15 is 0 Å². The first-order valence-electron chi connectivity index (χ1n) is 4.73. The minimum absolute atomic E-state index is 0.194. The molecule has 16 heavy (non-hydrogen) atoms. The van der Waals surface area contributed by atoms with Crippen molar-refractivity contribution in [3.8, 4) is 12.3 Å². The summed E-state index contributed by atoms with van der Waals surface area (Å²) in [6, 6.07) is 6.75. The third kappa shape index (κ3) is 4.05. The monoisotopic (exact) mass is 281 g/mol. The Morgan fingerprint density at radius 2 is 2.12 bits per heavy atom. The summed E-state index contributed by atoms with van der Waals surface area (Å²) in [6.45, 7) is 0.213. The van der Waals surface area contributed by atoms with Gasteiger partial charge < -0.3 is 10.5 Å². The van der Waals surface area contributed by atoms with Gasteiger partial charge in [-0.3, -0.25) is 4.79 Å². The molecule has 0 bridgehead atoms. The molecular formula is C12H12BrNO2. The summed E-state index contributed by atoms with van der Waals surface area (Å²) < 4.78 is 5.99. The van der Waals surface area contributed by atoms with E-state index < -0.39 is 12.0 Å². The molecule has 0 saturated heterocycles. The van der Waals surface area contributed by atoms with E-state index in [1.807, 2.05) is 24.3 Å². The van der Waals surface area contributed by atoms with Gasteiger partial charge in [0.1, 0.15) is 12.6 Å². The molecule has 1 atom stereocenters. The zero-order valence-electron chi connectivity index (χ0n) is 8.65. The molecule has 0 aliphatic carbocycles. The van der Waals surface area contributed by atoms with Gasteiger partial charge in [-0.1, -0.05) is 28.1 Å². The second-order valence-corrected chi connectivity index (χ2v) is 4.16. The van der Waals surface area contributed by atoms with Crippen LogP contribution in [0.4, 0.5) is 0 Å². The number of halogens is 1. The van der Waals surface area contributed by atoms with Crippen molar-refractivity contribution in [3.05, 3.63) is 34.3 Å². The maximum absolute atomic E-state index is 11.3. The third-order valence-electron chi connectivity index (χ3n) is 1.93. The molecular weight excluding hydrogens is 270 g/mol. The fourth-order valence-electron chi connectivity index (χ4n) is 1.05. The summed E-state index contributed by atoms with van der Waals surface area (Å²) in [5, 5.41) is 0. The molecule has 0 spiro atoms. The topological polar surface area (TPSA) is 52.3 Å². The number of carbonyl (C=O) groups excluding carboxylic acids is 1. The van der Waals surface area contributed by atoms with E-state index in [4.69, 9.17) is 16.9 Å². The quantitative estimate of drug-likeness (QED) is 0.677. The van der Waals surface area contributed by atoms with E-state index in [0.717, 1.165) is 10.0 Å². The summed E-state index contributed by atoms with van der Waals surface area (Å²) in [7, 11) is 0. The molecule has 3 nitrogen and oxygen atoms in total. The Balaban J connectivity index is 2.43. The minimum atomic E-state index is -0.736. The van der Waals surface area contributed by atoms with E-state index in [0.29, 0.717) is 0 Å². The minimum Gasteiger partial charge on any atom is -0.460 e. The van der Waals surface area contributed by atoms with Crippen LogP contribution in [0.15, 0.2) is 28.7 Å². The van der Waals surface area contributed by atoms with Crippen LogP contribution in [0, 0.1) is 12.3 Å². The second kappa shape index (κ2) is 6.31. The van der Waals surface area contributed by atoms with Crippen LogP contribution >= 0.6 is 15.9 Å². The number of nitrogens with two attached hydrogens (primary N) is 1. The van der Waals surface area contributed by atoms with E-state index in [-0.39, 0.29) is 13.0 Å². The number of rotatable bonds is 4. The largest absolute Gasteiger partial charge is 0.460 e. The van der Waals surface area contributed by atoms with Gasteiger partial charge in [0.15, 0.2) is 0 Å². The molecule has 0 aliphatic heterocycles. The molecule has 0 amide bonds. The van der Waals surface area contributed by atoms with Crippen molar-refractivity contribution in [2.24, 2.45) is 5.73 Å². The Bertz CT molecular complexity index is 394. The Kier molecular flexibility index (Phi) is 5.03. The highest BCUT2D eigenvalue weighted by Crippen LogP contribution is 2.11. The molecule has 1 aromatic carbocycles. The Morgan fingerprint density at radius 3 is 2.69 bits per heavy atom. The normalized spacial score (nSPS) is 11.6. The molecule has 0 radical (unpaired) electrons. The van der Waals surface area contributed by atoms with Gasteiger partial charge in [0.05, 0.1) is 0 Å². The molecule has 2 N–H and O–H groups in total. The van der Waals surface area contributed by atoms with Crippen molar-refractivity contribution in [2.45, 2.75) is 19.1 Å². The number of terminal acetylenes is 1. The van der Waals surface area contributed by atoms with Crippen LogP contribution in [0.25, 0.3) is 0 Å². The molecule has 1 rings (SSSR count). The lowest BCUT2D eigenvalue weighted by atomic mass is 10.2. The van der Waals surface area contributed by atoms with E-state index in [1.165, 1.54) is 0 Å². The van der Waals surface area contributed by atoms with Crippen LogP contribution in [0.3, 0.4) is 0 Å². The van der Waals surface area contributed by atoms with Crippen molar-refractivity contribution in [1.82, 2.24) is 0 Å². The lowest BCUT2D eigenvalue weighted by Crippen LogP contribution is -2.31. The first-order chi connectivity index (χ1) is 7.63. The Hall–Kier alpha value is -1.31. The average molecular weight is 282 g/mol. The standard InChI is InChI=1S/C12H12BrNO2/c1-2-3-11(14)12(15)16-8-9-4-6-10(13)7-5-9/h1,4-7,11H,3,8,14H2. The van der Waals surface area contributed by atoms with Crippen LogP contribution in [-0.2, 0) is 16.1 Å². The Labute approximate surface area is 103 Å². The first-order valence-corrected chi connectivity index (χ1v) is 5.53. The summed E-state index contributed by atoms with van der Waals surface area (Å²) in [5.41, 5.74) is 6.40. The van der Waals surface area contributed by atoms with Crippen LogP contribution in [0.1, 0.15) is 12.0 Å². The molecule has 0 saturated carbocycles. The molecule has 4 heteroatoms. The van der Waals surface area contributed by atoms with Crippen LogP contribution < -0.4 is 5.73 Å². The van der Waals surface area contributed by atoms with Crippen molar-refractivity contribution >= 4 is 21.9 Å². The molecule has 0 heterocycles. The van der Waals surface area contributed by atoms with E-state index in [2.05, 4.69) is 21.9 Å². The van der Waals surface area contributed by atoms with Crippen LogP contribution in [-0.4, -0.2) is 12.0 Å². The lowest BCUT2D eigenvalue weighted by Gasteiger charge is -2.08. The summed E-state index contributed by atoms with van der Waals surface area (Å²) >= 11 is 3.32. The predicted molar refractivity (Wildman–Crippen MR) is 65.4 cm³/mol. The van der Waals surface area contributed by atoms with Gasteiger partial charge in [-0.05, 0) is 17.7 Å².